The smallest absolute Gasteiger partial charge is 0.305 e. The quantitative estimate of drug-likeness (QED) is 0.770. The number of hydrogen-bond donors (Lipinski definition) is 2. The highest BCUT2D eigenvalue weighted by Gasteiger charge is 2.37. The number of carbonyl (C=O) groups excluding carboxylic acids is 1. The van der Waals surface area contributed by atoms with Gasteiger partial charge in [0.2, 0.25) is 5.91 Å². The van der Waals surface area contributed by atoms with Gasteiger partial charge in [0.25, 0.3) is 0 Å². The van der Waals surface area contributed by atoms with E-state index in [2.05, 4.69) is 5.32 Å². The molecule has 2 rings (SSSR count). The summed E-state index contributed by atoms with van der Waals surface area (Å²) in [7, 11) is -3.33. The monoisotopic (exact) mass is 367 g/mol. The summed E-state index contributed by atoms with van der Waals surface area (Å²) in [5, 5.41) is 11.5. The van der Waals surface area contributed by atoms with Crippen molar-refractivity contribution in [1.82, 2.24) is 5.32 Å². The van der Waals surface area contributed by atoms with Gasteiger partial charge in [-0.05, 0) is 44.4 Å². The molecule has 1 fully saturated rings. The van der Waals surface area contributed by atoms with Crippen LogP contribution in [0.5, 0.6) is 0 Å². The van der Waals surface area contributed by atoms with Crippen molar-refractivity contribution in [3.05, 3.63) is 29.8 Å². The Morgan fingerprint density at radius 2 is 1.72 bits per heavy atom. The molecule has 0 atom stereocenters. The van der Waals surface area contributed by atoms with Gasteiger partial charge in [0.05, 0.1) is 28.5 Å². The fourth-order valence-corrected chi connectivity index (χ4v) is 4.34. The van der Waals surface area contributed by atoms with Crippen LogP contribution in [0.2, 0.25) is 0 Å². The lowest BCUT2D eigenvalue weighted by Crippen LogP contribution is -2.48. The van der Waals surface area contributed by atoms with E-state index in [0.717, 1.165) is 12.8 Å². The topological polar surface area (TPSA) is 101 Å². The van der Waals surface area contributed by atoms with Crippen LogP contribution >= 0.6 is 0 Å². The lowest BCUT2D eigenvalue weighted by Gasteiger charge is -2.28. The highest BCUT2D eigenvalue weighted by Crippen LogP contribution is 2.32. The Labute approximate surface area is 148 Å². The van der Waals surface area contributed by atoms with Crippen molar-refractivity contribution in [3.63, 3.8) is 0 Å². The summed E-state index contributed by atoms with van der Waals surface area (Å²) in [5.41, 5.74) is 0.0489. The molecular weight excluding hydrogens is 342 g/mol. The number of amides is 1. The second kappa shape index (κ2) is 7.56. The summed E-state index contributed by atoms with van der Waals surface area (Å²) >= 11 is 0. The molecule has 0 aliphatic heterocycles. The number of hydrogen-bond acceptors (Lipinski definition) is 4. The number of nitrogens with one attached hydrogen (secondary N) is 1. The molecule has 1 aromatic rings. The van der Waals surface area contributed by atoms with Crippen LogP contribution in [0.15, 0.2) is 29.2 Å². The van der Waals surface area contributed by atoms with E-state index < -0.39 is 26.6 Å². The maximum absolute atomic E-state index is 12.3. The standard InChI is InChI=1S/C18H25NO5S/c1-13(2)25(23,24)15-7-5-14(6-8-15)11-16(20)19-18(12-17(21)22)9-3-4-10-18/h5-8,13H,3-4,9-12H2,1-2H3,(H,19,20)(H,21,22). The Bertz CT molecular complexity index is 731. The van der Waals surface area contributed by atoms with Crippen LogP contribution in [-0.2, 0) is 25.8 Å². The minimum Gasteiger partial charge on any atom is -0.481 e. The zero-order chi connectivity index (χ0) is 18.7. The first-order chi connectivity index (χ1) is 11.6. The maximum Gasteiger partial charge on any atom is 0.305 e. The van der Waals surface area contributed by atoms with Crippen LogP contribution in [0.25, 0.3) is 0 Å². The van der Waals surface area contributed by atoms with Crippen molar-refractivity contribution in [3.8, 4) is 0 Å². The van der Waals surface area contributed by atoms with Gasteiger partial charge in [-0.25, -0.2) is 8.42 Å². The number of aliphatic carboxylic acids is 1. The molecule has 25 heavy (non-hydrogen) atoms. The van der Waals surface area contributed by atoms with Crippen LogP contribution in [0, 0.1) is 0 Å². The van der Waals surface area contributed by atoms with E-state index in [9.17, 15) is 18.0 Å². The molecule has 0 bridgehead atoms. The number of benzene rings is 1. The van der Waals surface area contributed by atoms with Crippen LogP contribution in [0.3, 0.4) is 0 Å². The molecule has 0 saturated heterocycles. The average molecular weight is 367 g/mol. The Hall–Kier alpha value is -1.89. The van der Waals surface area contributed by atoms with Crippen molar-refractivity contribution >= 4 is 21.7 Å². The average Bonchev–Trinajstić information content (AvgIpc) is 2.94. The number of carboxylic acids is 1. The van der Waals surface area contributed by atoms with E-state index in [-0.39, 0.29) is 23.6 Å². The Kier molecular flexibility index (Phi) is 5.87. The lowest BCUT2D eigenvalue weighted by atomic mass is 9.92. The molecule has 0 unspecified atom stereocenters. The molecule has 0 spiro atoms. The van der Waals surface area contributed by atoms with Crippen LogP contribution < -0.4 is 5.32 Å². The largest absolute Gasteiger partial charge is 0.481 e. The number of rotatable bonds is 7. The first-order valence-corrected chi connectivity index (χ1v) is 10.0. The van der Waals surface area contributed by atoms with Crippen LogP contribution in [-0.4, -0.2) is 36.2 Å². The summed E-state index contributed by atoms with van der Waals surface area (Å²) in [6, 6.07) is 6.29. The minimum absolute atomic E-state index is 0.0652. The van der Waals surface area contributed by atoms with Crippen LogP contribution in [0.1, 0.15) is 51.5 Å². The fourth-order valence-electron chi connectivity index (χ4n) is 3.28. The van der Waals surface area contributed by atoms with E-state index in [1.807, 2.05) is 0 Å². The zero-order valence-electron chi connectivity index (χ0n) is 14.6. The molecule has 2 N–H and O–H groups in total. The molecule has 1 saturated carbocycles. The third-order valence-corrected chi connectivity index (χ3v) is 6.86. The van der Waals surface area contributed by atoms with Gasteiger partial charge in [0.15, 0.2) is 9.84 Å². The molecule has 0 aromatic heterocycles. The van der Waals surface area contributed by atoms with Gasteiger partial charge in [0.1, 0.15) is 0 Å². The molecule has 1 aliphatic carbocycles. The molecule has 0 radical (unpaired) electrons. The summed E-state index contributed by atoms with van der Waals surface area (Å²) in [4.78, 5) is 23.6. The molecule has 138 valence electrons. The summed E-state index contributed by atoms with van der Waals surface area (Å²) in [6.45, 7) is 3.25. The second-order valence-electron chi connectivity index (χ2n) is 7.02. The van der Waals surface area contributed by atoms with Crippen molar-refractivity contribution < 1.29 is 23.1 Å². The van der Waals surface area contributed by atoms with E-state index >= 15 is 0 Å². The SMILES string of the molecule is CC(C)S(=O)(=O)c1ccc(CC(=O)NC2(CC(=O)O)CCCC2)cc1. The molecule has 6 nitrogen and oxygen atoms in total. The Morgan fingerprint density at radius 3 is 2.20 bits per heavy atom. The van der Waals surface area contributed by atoms with Gasteiger partial charge in [-0.1, -0.05) is 25.0 Å². The molecule has 1 aromatic carbocycles. The van der Waals surface area contributed by atoms with Gasteiger partial charge in [-0.15, -0.1) is 0 Å². The van der Waals surface area contributed by atoms with Gasteiger partial charge in [0, 0.05) is 0 Å². The predicted molar refractivity (Wildman–Crippen MR) is 94.1 cm³/mol. The maximum atomic E-state index is 12.3. The Balaban J connectivity index is 2.04. The lowest BCUT2D eigenvalue weighted by molar-refractivity contribution is -0.139. The van der Waals surface area contributed by atoms with Gasteiger partial charge < -0.3 is 10.4 Å². The molecule has 7 heteroatoms. The van der Waals surface area contributed by atoms with Gasteiger partial charge >= 0.3 is 5.97 Å². The van der Waals surface area contributed by atoms with E-state index in [1.54, 1.807) is 26.0 Å². The fraction of sp³-hybridized carbons (Fsp3) is 0.556. The highest BCUT2D eigenvalue weighted by atomic mass is 32.2. The predicted octanol–water partition coefficient (Wildman–Crippen LogP) is 2.31. The molecule has 1 aliphatic rings. The van der Waals surface area contributed by atoms with Crippen molar-refractivity contribution in [2.45, 2.75) is 68.1 Å². The highest BCUT2D eigenvalue weighted by molar-refractivity contribution is 7.92. The first-order valence-electron chi connectivity index (χ1n) is 8.50. The number of carbonyl (C=O) groups is 2. The Morgan fingerprint density at radius 1 is 1.16 bits per heavy atom. The van der Waals surface area contributed by atoms with Gasteiger partial charge in [-0.2, -0.15) is 0 Å². The normalized spacial score (nSPS) is 16.8. The van der Waals surface area contributed by atoms with Crippen LogP contribution in [0.4, 0.5) is 0 Å². The van der Waals surface area contributed by atoms with Crippen molar-refractivity contribution in [2.75, 3.05) is 0 Å². The van der Waals surface area contributed by atoms with Gasteiger partial charge in [-0.3, -0.25) is 9.59 Å². The second-order valence-corrected chi connectivity index (χ2v) is 9.52. The zero-order valence-corrected chi connectivity index (χ0v) is 15.4. The number of carboxylic acid groups (broad SMARTS) is 1. The van der Waals surface area contributed by atoms with Crippen molar-refractivity contribution in [2.24, 2.45) is 0 Å². The van der Waals surface area contributed by atoms with E-state index in [0.29, 0.717) is 18.4 Å². The van der Waals surface area contributed by atoms with E-state index in [4.69, 9.17) is 5.11 Å². The third-order valence-electron chi connectivity index (χ3n) is 4.69. The molecule has 0 heterocycles. The van der Waals surface area contributed by atoms with E-state index in [1.165, 1.54) is 12.1 Å². The minimum atomic E-state index is -3.33. The summed E-state index contributed by atoms with van der Waals surface area (Å²) in [6.07, 6.45) is 3.21. The third kappa shape index (κ3) is 4.81. The summed E-state index contributed by atoms with van der Waals surface area (Å²) < 4.78 is 24.2. The first kappa shape index (κ1) is 19.4. The molecule has 1 amide bonds. The van der Waals surface area contributed by atoms with Crippen molar-refractivity contribution in [1.29, 1.82) is 0 Å². The summed E-state index contributed by atoms with van der Waals surface area (Å²) in [5.74, 6) is -1.15. The molecular formula is C18H25NO5S. The number of sulfone groups is 1.